The molecule has 0 spiro atoms. The molecular weight excluding hydrogens is 387 g/mol. The van der Waals surface area contributed by atoms with Crippen LogP contribution in [-0.4, -0.2) is 27.9 Å². The van der Waals surface area contributed by atoms with E-state index in [2.05, 4.69) is 30.9 Å². The molecule has 30 heavy (non-hydrogen) atoms. The molecule has 0 atom stereocenters. The van der Waals surface area contributed by atoms with Gasteiger partial charge in [-0.3, -0.25) is 4.79 Å². The van der Waals surface area contributed by atoms with Crippen LogP contribution in [0.3, 0.4) is 0 Å². The SMILES string of the molecule is CNC(=O)c1c(Nc2ncc(F)c(Nc3ccc4[nH]ccc4c3)n2)ccc2c1CO2. The van der Waals surface area contributed by atoms with Crippen LogP contribution >= 0.6 is 0 Å². The number of carbonyl (C=O) groups excluding carboxylic acids is 1. The van der Waals surface area contributed by atoms with Crippen LogP contribution in [0.5, 0.6) is 5.75 Å². The van der Waals surface area contributed by atoms with Gasteiger partial charge in [0.15, 0.2) is 11.6 Å². The highest BCUT2D eigenvalue weighted by atomic mass is 19.1. The summed E-state index contributed by atoms with van der Waals surface area (Å²) in [5.41, 5.74) is 3.45. The number of aromatic amines is 1. The second kappa shape index (κ2) is 7.03. The van der Waals surface area contributed by atoms with E-state index >= 15 is 0 Å². The van der Waals surface area contributed by atoms with Gasteiger partial charge in [-0.2, -0.15) is 4.98 Å². The fourth-order valence-corrected chi connectivity index (χ4v) is 3.37. The monoisotopic (exact) mass is 404 g/mol. The number of hydrogen-bond donors (Lipinski definition) is 4. The van der Waals surface area contributed by atoms with Crippen molar-refractivity contribution in [2.24, 2.45) is 0 Å². The van der Waals surface area contributed by atoms with Crippen LogP contribution in [0.25, 0.3) is 10.9 Å². The van der Waals surface area contributed by atoms with Gasteiger partial charge in [0.25, 0.3) is 5.91 Å². The maximum absolute atomic E-state index is 14.3. The summed E-state index contributed by atoms with van der Waals surface area (Å²) in [5, 5.41) is 9.62. The molecule has 3 heterocycles. The minimum Gasteiger partial charge on any atom is -0.488 e. The predicted molar refractivity (Wildman–Crippen MR) is 111 cm³/mol. The average Bonchev–Trinajstić information content (AvgIpc) is 3.19. The van der Waals surface area contributed by atoms with Crippen LogP contribution in [0, 0.1) is 5.82 Å². The molecule has 5 rings (SSSR count). The first-order valence-corrected chi connectivity index (χ1v) is 9.27. The van der Waals surface area contributed by atoms with E-state index < -0.39 is 5.82 Å². The van der Waals surface area contributed by atoms with Crippen molar-refractivity contribution in [2.45, 2.75) is 6.61 Å². The normalized spacial score (nSPS) is 11.9. The zero-order valence-corrected chi connectivity index (χ0v) is 15.9. The first-order valence-electron chi connectivity index (χ1n) is 9.27. The average molecular weight is 404 g/mol. The Labute approximate surface area is 170 Å². The highest BCUT2D eigenvalue weighted by molar-refractivity contribution is 6.02. The summed E-state index contributed by atoms with van der Waals surface area (Å²) in [7, 11) is 1.56. The lowest BCUT2D eigenvalue weighted by Crippen LogP contribution is -2.25. The number of nitrogens with one attached hydrogen (secondary N) is 4. The summed E-state index contributed by atoms with van der Waals surface area (Å²) in [6, 6.07) is 11.0. The number of benzene rings is 2. The Morgan fingerprint density at radius 1 is 1.20 bits per heavy atom. The molecule has 9 heteroatoms. The Balaban J connectivity index is 1.45. The highest BCUT2D eigenvalue weighted by Crippen LogP contribution is 2.37. The van der Waals surface area contributed by atoms with Gasteiger partial charge in [0.05, 0.1) is 17.4 Å². The number of H-pyrrole nitrogens is 1. The highest BCUT2D eigenvalue weighted by Gasteiger charge is 2.26. The largest absolute Gasteiger partial charge is 0.488 e. The van der Waals surface area contributed by atoms with Crippen LogP contribution in [-0.2, 0) is 6.61 Å². The molecular formula is C21H17FN6O2. The number of fused-ring (bicyclic) bond motifs is 2. The molecule has 4 aromatic rings. The van der Waals surface area contributed by atoms with E-state index in [4.69, 9.17) is 4.74 Å². The molecule has 4 N–H and O–H groups in total. The molecule has 0 bridgehead atoms. The number of anilines is 4. The number of ether oxygens (including phenoxy) is 1. The number of halogens is 1. The van der Waals surface area contributed by atoms with E-state index in [0.29, 0.717) is 29.3 Å². The van der Waals surface area contributed by atoms with Gasteiger partial charge in [0.2, 0.25) is 5.95 Å². The number of nitrogens with zero attached hydrogens (tertiary/aromatic N) is 2. The van der Waals surface area contributed by atoms with E-state index in [0.717, 1.165) is 22.7 Å². The van der Waals surface area contributed by atoms with Crippen molar-refractivity contribution >= 4 is 40.0 Å². The summed E-state index contributed by atoms with van der Waals surface area (Å²) in [6.07, 6.45) is 2.92. The first kappa shape index (κ1) is 17.9. The van der Waals surface area contributed by atoms with Crippen LogP contribution in [0.1, 0.15) is 15.9 Å². The molecule has 1 aliphatic rings. The van der Waals surface area contributed by atoms with Crippen LogP contribution in [0.15, 0.2) is 48.8 Å². The zero-order valence-electron chi connectivity index (χ0n) is 15.9. The topological polar surface area (TPSA) is 104 Å². The molecule has 1 aliphatic heterocycles. The molecule has 0 radical (unpaired) electrons. The molecule has 1 amide bonds. The Bertz CT molecular complexity index is 1290. The van der Waals surface area contributed by atoms with Crippen LogP contribution in [0.4, 0.5) is 27.5 Å². The molecule has 0 aliphatic carbocycles. The van der Waals surface area contributed by atoms with E-state index in [9.17, 15) is 9.18 Å². The molecule has 2 aromatic carbocycles. The second-order valence-electron chi connectivity index (χ2n) is 6.75. The second-order valence-corrected chi connectivity index (χ2v) is 6.75. The third-order valence-corrected chi connectivity index (χ3v) is 4.90. The van der Waals surface area contributed by atoms with Gasteiger partial charge in [0.1, 0.15) is 12.4 Å². The molecule has 2 aromatic heterocycles. The van der Waals surface area contributed by atoms with E-state index in [-0.39, 0.29) is 17.7 Å². The summed E-state index contributed by atoms with van der Waals surface area (Å²) >= 11 is 0. The standard InChI is InChI=1S/C21H17FN6O2/c1-23-20(29)18-13-10-30-17(13)5-4-16(18)27-21-25-9-14(22)19(28-21)26-12-2-3-15-11(8-12)6-7-24-15/h2-9,24H,10H2,1H3,(H,23,29)(H2,25,26,27,28). The molecule has 8 nitrogen and oxygen atoms in total. The number of hydrogen-bond acceptors (Lipinski definition) is 6. The maximum Gasteiger partial charge on any atom is 0.253 e. The van der Waals surface area contributed by atoms with E-state index in [1.54, 1.807) is 19.2 Å². The predicted octanol–water partition coefficient (Wildman–Crippen LogP) is 3.84. The van der Waals surface area contributed by atoms with Crippen molar-refractivity contribution in [1.82, 2.24) is 20.3 Å². The van der Waals surface area contributed by atoms with E-state index in [1.165, 1.54) is 0 Å². The number of aromatic nitrogens is 3. The number of rotatable bonds is 5. The smallest absolute Gasteiger partial charge is 0.253 e. The maximum atomic E-state index is 14.3. The third-order valence-electron chi connectivity index (χ3n) is 4.90. The summed E-state index contributed by atoms with van der Waals surface area (Å²) in [4.78, 5) is 23.7. The van der Waals surface area contributed by atoms with Crippen molar-refractivity contribution in [2.75, 3.05) is 17.7 Å². The summed E-state index contributed by atoms with van der Waals surface area (Å²) in [6.45, 7) is 0.353. The van der Waals surface area contributed by atoms with Gasteiger partial charge in [-0.15, -0.1) is 0 Å². The number of amides is 1. The lowest BCUT2D eigenvalue weighted by molar-refractivity contribution is 0.0957. The van der Waals surface area contributed by atoms with Crippen LogP contribution in [0.2, 0.25) is 0 Å². The zero-order chi connectivity index (χ0) is 20.7. The molecule has 0 saturated carbocycles. The molecule has 0 saturated heterocycles. The molecule has 150 valence electrons. The Hall–Kier alpha value is -4.14. The van der Waals surface area contributed by atoms with Gasteiger partial charge in [0, 0.05) is 35.4 Å². The van der Waals surface area contributed by atoms with Gasteiger partial charge >= 0.3 is 0 Å². The van der Waals surface area contributed by atoms with Crippen molar-refractivity contribution in [3.05, 3.63) is 65.7 Å². The lowest BCUT2D eigenvalue weighted by atomic mass is 10.0. The lowest BCUT2D eigenvalue weighted by Gasteiger charge is -2.25. The summed E-state index contributed by atoms with van der Waals surface area (Å²) < 4.78 is 19.7. The van der Waals surface area contributed by atoms with Crippen molar-refractivity contribution < 1.29 is 13.9 Å². The van der Waals surface area contributed by atoms with Gasteiger partial charge < -0.3 is 25.7 Å². The minimum atomic E-state index is -0.591. The number of carbonyl (C=O) groups is 1. The fraction of sp³-hybridized carbons (Fsp3) is 0.0952. The molecule has 0 unspecified atom stereocenters. The van der Waals surface area contributed by atoms with Crippen molar-refractivity contribution in [3.8, 4) is 5.75 Å². The first-order chi connectivity index (χ1) is 14.6. The van der Waals surface area contributed by atoms with Crippen molar-refractivity contribution in [1.29, 1.82) is 0 Å². The van der Waals surface area contributed by atoms with Gasteiger partial charge in [-0.05, 0) is 36.4 Å². The third kappa shape index (κ3) is 3.06. The van der Waals surface area contributed by atoms with E-state index in [1.807, 2.05) is 30.5 Å². The van der Waals surface area contributed by atoms with Crippen LogP contribution < -0.4 is 20.7 Å². The minimum absolute atomic E-state index is 0.0242. The summed E-state index contributed by atoms with van der Waals surface area (Å²) in [5.74, 6) is 0.00880. The van der Waals surface area contributed by atoms with Gasteiger partial charge in [-0.25, -0.2) is 9.37 Å². The quantitative estimate of drug-likeness (QED) is 0.403. The molecule has 0 fully saturated rings. The van der Waals surface area contributed by atoms with Crippen molar-refractivity contribution in [3.63, 3.8) is 0 Å². The van der Waals surface area contributed by atoms with Gasteiger partial charge in [-0.1, -0.05) is 0 Å². The Morgan fingerprint density at radius 3 is 2.90 bits per heavy atom. The fourth-order valence-electron chi connectivity index (χ4n) is 3.37. The Kier molecular flexibility index (Phi) is 4.20. The Morgan fingerprint density at radius 2 is 2.10 bits per heavy atom.